The maximum Gasteiger partial charge on any atom is 0.325 e. The minimum Gasteiger partial charge on any atom is -0.468 e. The highest BCUT2D eigenvalue weighted by Gasteiger charge is 2.35. The van der Waals surface area contributed by atoms with Gasteiger partial charge in [0.2, 0.25) is 0 Å². The number of hydrogen-bond donors (Lipinski definition) is 2. The summed E-state index contributed by atoms with van der Waals surface area (Å²) in [6.45, 7) is 7.55. The third-order valence-corrected chi connectivity index (χ3v) is 2.27. The zero-order valence-corrected chi connectivity index (χ0v) is 11.9. The van der Waals surface area contributed by atoms with Crippen molar-refractivity contribution in [1.29, 1.82) is 0 Å². The third kappa shape index (κ3) is 5.46. The number of hydrogen-bond acceptors (Lipinski definition) is 6. The summed E-state index contributed by atoms with van der Waals surface area (Å²) in [6.07, 6.45) is 0. The lowest BCUT2D eigenvalue weighted by Gasteiger charge is -2.28. The van der Waals surface area contributed by atoms with E-state index in [1.54, 1.807) is 0 Å². The highest BCUT2D eigenvalue weighted by molar-refractivity contribution is 5.87. The Labute approximate surface area is 108 Å². The zero-order chi connectivity index (χ0) is 14.3. The van der Waals surface area contributed by atoms with Gasteiger partial charge in [-0.05, 0) is 0 Å². The van der Waals surface area contributed by atoms with Gasteiger partial charge in [0, 0.05) is 12.1 Å². The first kappa shape index (κ1) is 16.9. The molecule has 18 heavy (non-hydrogen) atoms. The van der Waals surface area contributed by atoms with Crippen molar-refractivity contribution in [2.24, 2.45) is 0 Å². The fourth-order valence-electron chi connectivity index (χ4n) is 1.57. The molecule has 2 N–H and O–H groups in total. The number of nitrogens with one attached hydrogen (secondary N) is 2. The normalized spacial score (nSPS) is 14.4. The second-order valence-corrected chi connectivity index (χ2v) is 4.64. The highest BCUT2D eigenvalue weighted by Crippen LogP contribution is 2.03. The Morgan fingerprint density at radius 3 is 1.22 bits per heavy atom. The molecule has 0 aromatic carbocycles. The minimum atomic E-state index is -0.773. The second kappa shape index (κ2) is 8.05. The van der Waals surface area contributed by atoms with Gasteiger partial charge in [-0.25, -0.2) is 0 Å². The van der Waals surface area contributed by atoms with E-state index in [-0.39, 0.29) is 12.1 Å². The number of ether oxygens (including phenoxy) is 2. The number of carbonyl (C=O) groups is 2. The largest absolute Gasteiger partial charge is 0.468 e. The van der Waals surface area contributed by atoms with E-state index in [9.17, 15) is 9.59 Å². The molecule has 0 bridgehead atoms. The molecule has 0 amide bonds. The van der Waals surface area contributed by atoms with Crippen LogP contribution >= 0.6 is 0 Å². The molecule has 0 aliphatic carbocycles. The van der Waals surface area contributed by atoms with Crippen LogP contribution in [0.2, 0.25) is 0 Å². The summed E-state index contributed by atoms with van der Waals surface area (Å²) in [7, 11) is 2.59. The van der Waals surface area contributed by atoms with Crippen molar-refractivity contribution in [3.8, 4) is 0 Å². The van der Waals surface area contributed by atoms with Crippen molar-refractivity contribution < 1.29 is 19.1 Å². The first-order chi connectivity index (χ1) is 8.33. The molecule has 0 saturated heterocycles. The molecule has 2 atom stereocenters. The summed E-state index contributed by atoms with van der Waals surface area (Å²) in [5.74, 6) is -0.987. The maximum atomic E-state index is 11.8. The Hall–Kier alpha value is -1.14. The van der Waals surface area contributed by atoms with Gasteiger partial charge in [-0.2, -0.15) is 0 Å². The topological polar surface area (TPSA) is 76.7 Å². The Bertz CT molecular complexity index is 251. The molecule has 0 fully saturated rings. The summed E-state index contributed by atoms with van der Waals surface area (Å²) in [5.41, 5.74) is 0. The monoisotopic (exact) mass is 260 g/mol. The first-order valence-electron chi connectivity index (χ1n) is 6.01. The molecule has 0 aliphatic heterocycles. The van der Waals surface area contributed by atoms with Crippen molar-refractivity contribution >= 4 is 11.9 Å². The van der Waals surface area contributed by atoms with Gasteiger partial charge in [-0.1, -0.05) is 27.7 Å². The zero-order valence-electron chi connectivity index (χ0n) is 11.9. The van der Waals surface area contributed by atoms with Gasteiger partial charge >= 0.3 is 11.9 Å². The van der Waals surface area contributed by atoms with E-state index in [1.165, 1.54) is 14.2 Å². The predicted octanol–water partition coefficient (Wildman–Crippen LogP) is 0.0656. The molecule has 0 aliphatic rings. The number of methoxy groups -OCH3 is 2. The molecular weight excluding hydrogens is 236 g/mol. The van der Waals surface area contributed by atoms with Crippen LogP contribution < -0.4 is 10.6 Å². The van der Waals surface area contributed by atoms with Crippen LogP contribution in [0.15, 0.2) is 0 Å². The fourth-order valence-corrected chi connectivity index (χ4v) is 1.57. The average Bonchev–Trinajstić information content (AvgIpc) is 2.30. The molecule has 0 spiro atoms. The first-order valence-corrected chi connectivity index (χ1v) is 6.01. The molecule has 0 heterocycles. The van der Waals surface area contributed by atoms with Crippen molar-refractivity contribution in [3.63, 3.8) is 0 Å². The van der Waals surface area contributed by atoms with E-state index < -0.39 is 24.0 Å². The van der Waals surface area contributed by atoms with Crippen LogP contribution in [0.4, 0.5) is 0 Å². The lowest BCUT2D eigenvalue weighted by Crippen LogP contribution is -2.59. The third-order valence-electron chi connectivity index (χ3n) is 2.27. The van der Waals surface area contributed by atoms with Crippen LogP contribution in [0.25, 0.3) is 0 Å². The van der Waals surface area contributed by atoms with E-state index in [0.717, 1.165) is 0 Å². The molecule has 0 aromatic heterocycles. The second-order valence-electron chi connectivity index (χ2n) is 4.64. The van der Waals surface area contributed by atoms with E-state index in [4.69, 9.17) is 9.47 Å². The summed E-state index contributed by atoms with van der Waals surface area (Å²) >= 11 is 0. The van der Waals surface area contributed by atoms with E-state index in [0.29, 0.717) is 0 Å². The molecule has 6 nitrogen and oxygen atoms in total. The molecule has 0 aromatic rings. The van der Waals surface area contributed by atoms with Crippen molar-refractivity contribution in [2.45, 2.75) is 51.9 Å². The van der Waals surface area contributed by atoms with Crippen LogP contribution in [-0.2, 0) is 19.1 Å². The Morgan fingerprint density at radius 1 is 0.778 bits per heavy atom. The fraction of sp³-hybridized carbons (Fsp3) is 0.833. The van der Waals surface area contributed by atoms with Crippen LogP contribution in [0.3, 0.4) is 0 Å². The van der Waals surface area contributed by atoms with Gasteiger partial charge in [-0.15, -0.1) is 0 Å². The van der Waals surface area contributed by atoms with E-state index >= 15 is 0 Å². The van der Waals surface area contributed by atoms with Gasteiger partial charge in [-0.3, -0.25) is 9.59 Å². The smallest absolute Gasteiger partial charge is 0.325 e. The van der Waals surface area contributed by atoms with Gasteiger partial charge in [0.25, 0.3) is 0 Å². The lowest BCUT2D eigenvalue weighted by atomic mass is 10.1. The summed E-state index contributed by atoms with van der Waals surface area (Å²) in [6, 6.07) is -1.47. The van der Waals surface area contributed by atoms with Gasteiger partial charge in [0.1, 0.15) is 12.1 Å². The lowest BCUT2D eigenvalue weighted by molar-refractivity contribution is -0.152. The molecule has 2 unspecified atom stereocenters. The van der Waals surface area contributed by atoms with Crippen LogP contribution in [0.5, 0.6) is 0 Å². The molecule has 0 radical (unpaired) electrons. The van der Waals surface area contributed by atoms with E-state index in [2.05, 4.69) is 10.6 Å². The van der Waals surface area contributed by atoms with Crippen molar-refractivity contribution in [2.75, 3.05) is 14.2 Å². The Morgan fingerprint density at radius 2 is 1.06 bits per heavy atom. The average molecular weight is 260 g/mol. The SMILES string of the molecule is COC(=O)C(NC(C)C)C(NC(C)C)C(=O)OC. The highest BCUT2D eigenvalue weighted by atomic mass is 16.5. The quantitative estimate of drug-likeness (QED) is 0.631. The number of carbonyl (C=O) groups excluding carboxylic acids is 2. The standard InChI is InChI=1S/C12H24N2O4/c1-7(2)13-9(11(15)17-5)10(12(16)18-6)14-8(3)4/h7-10,13-14H,1-6H3. The molecule has 0 rings (SSSR count). The van der Waals surface area contributed by atoms with Gasteiger partial charge in [0.15, 0.2) is 0 Å². The summed E-state index contributed by atoms with van der Waals surface area (Å²) in [5, 5.41) is 6.03. The molecule has 106 valence electrons. The number of esters is 2. The summed E-state index contributed by atoms with van der Waals surface area (Å²) in [4.78, 5) is 23.5. The molecule has 0 saturated carbocycles. The summed E-state index contributed by atoms with van der Waals surface area (Å²) < 4.78 is 9.44. The minimum absolute atomic E-state index is 0.0372. The Balaban J connectivity index is 5.05. The predicted molar refractivity (Wildman–Crippen MR) is 68.2 cm³/mol. The van der Waals surface area contributed by atoms with Crippen LogP contribution in [-0.4, -0.2) is 50.3 Å². The van der Waals surface area contributed by atoms with Crippen molar-refractivity contribution in [1.82, 2.24) is 10.6 Å². The number of rotatable bonds is 7. The van der Waals surface area contributed by atoms with Crippen molar-refractivity contribution in [3.05, 3.63) is 0 Å². The van der Waals surface area contributed by atoms with Gasteiger partial charge in [0.05, 0.1) is 14.2 Å². The molecular formula is C12H24N2O4. The van der Waals surface area contributed by atoms with Crippen LogP contribution in [0.1, 0.15) is 27.7 Å². The Kier molecular flexibility index (Phi) is 7.54. The molecule has 6 heteroatoms. The van der Waals surface area contributed by atoms with E-state index in [1.807, 2.05) is 27.7 Å². The maximum absolute atomic E-state index is 11.8. The van der Waals surface area contributed by atoms with Gasteiger partial charge < -0.3 is 20.1 Å². The van der Waals surface area contributed by atoms with Crippen LogP contribution in [0, 0.1) is 0 Å².